The highest BCUT2D eigenvalue weighted by Gasteiger charge is 2.23. The van der Waals surface area contributed by atoms with Gasteiger partial charge in [0.2, 0.25) is 5.91 Å². The molecule has 20 heavy (non-hydrogen) atoms. The van der Waals surface area contributed by atoms with Gasteiger partial charge in [-0.05, 0) is 29.7 Å². The minimum Gasteiger partial charge on any atom is -0.447 e. The molecule has 1 aromatic carbocycles. The highest BCUT2D eigenvalue weighted by atomic mass is 16.6. The average molecular weight is 276 g/mol. The number of nitrogens with one attached hydrogen (secondary N) is 1. The van der Waals surface area contributed by atoms with Crippen LogP contribution in [0.2, 0.25) is 0 Å². The molecule has 2 amide bonds. The summed E-state index contributed by atoms with van der Waals surface area (Å²) in [7, 11) is 0. The van der Waals surface area contributed by atoms with Crippen molar-refractivity contribution in [2.45, 2.75) is 27.2 Å². The van der Waals surface area contributed by atoms with Gasteiger partial charge in [-0.1, -0.05) is 20.8 Å². The topological polar surface area (TPSA) is 58.6 Å². The van der Waals surface area contributed by atoms with Gasteiger partial charge in [0, 0.05) is 17.8 Å². The molecule has 0 spiro atoms. The summed E-state index contributed by atoms with van der Waals surface area (Å²) in [5.41, 5.74) is 1.47. The molecule has 1 aliphatic heterocycles. The van der Waals surface area contributed by atoms with Gasteiger partial charge in [0.1, 0.15) is 6.61 Å². The Morgan fingerprint density at radius 2 is 1.95 bits per heavy atom. The first-order valence-electron chi connectivity index (χ1n) is 6.69. The SMILES string of the molecule is CC(C)(C)CC(=O)Nc1ccc(N2CCOC2=O)cc1. The first-order valence-corrected chi connectivity index (χ1v) is 6.69. The first-order chi connectivity index (χ1) is 9.35. The van der Waals surface area contributed by atoms with E-state index in [1.165, 1.54) is 0 Å². The second-order valence-corrected chi connectivity index (χ2v) is 6.10. The summed E-state index contributed by atoms with van der Waals surface area (Å²) in [4.78, 5) is 24.8. The minimum atomic E-state index is -0.325. The van der Waals surface area contributed by atoms with E-state index in [4.69, 9.17) is 4.74 Å². The largest absolute Gasteiger partial charge is 0.447 e. The van der Waals surface area contributed by atoms with E-state index >= 15 is 0 Å². The molecule has 1 aromatic rings. The molecule has 1 fully saturated rings. The predicted octanol–water partition coefficient (Wildman–Crippen LogP) is 3.02. The smallest absolute Gasteiger partial charge is 0.414 e. The number of nitrogens with zero attached hydrogens (tertiary/aromatic N) is 1. The summed E-state index contributed by atoms with van der Waals surface area (Å²) in [6, 6.07) is 7.20. The van der Waals surface area contributed by atoms with Gasteiger partial charge < -0.3 is 10.1 Å². The van der Waals surface area contributed by atoms with Crippen LogP contribution in [0.1, 0.15) is 27.2 Å². The third-order valence-electron chi connectivity index (χ3n) is 2.91. The van der Waals surface area contributed by atoms with E-state index in [-0.39, 0.29) is 17.4 Å². The van der Waals surface area contributed by atoms with Crippen LogP contribution in [0.3, 0.4) is 0 Å². The van der Waals surface area contributed by atoms with Gasteiger partial charge in [0.25, 0.3) is 0 Å². The van der Waals surface area contributed by atoms with Crippen molar-refractivity contribution in [2.75, 3.05) is 23.4 Å². The molecule has 1 heterocycles. The number of hydrogen-bond donors (Lipinski definition) is 1. The van der Waals surface area contributed by atoms with Gasteiger partial charge >= 0.3 is 6.09 Å². The maximum absolute atomic E-state index is 11.8. The van der Waals surface area contributed by atoms with Crippen molar-refractivity contribution in [3.63, 3.8) is 0 Å². The molecule has 0 unspecified atom stereocenters. The summed E-state index contributed by atoms with van der Waals surface area (Å²) < 4.78 is 4.89. The van der Waals surface area contributed by atoms with Gasteiger partial charge in [-0.2, -0.15) is 0 Å². The van der Waals surface area contributed by atoms with Crippen LogP contribution in [-0.2, 0) is 9.53 Å². The lowest BCUT2D eigenvalue weighted by Gasteiger charge is -2.17. The molecular weight excluding hydrogens is 256 g/mol. The lowest BCUT2D eigenvalue weighted by atomic mass is 9.92. The fraction of sp³-hybridized carbons (Fsp3) is 0.467. The molecule has 2 rings (SSSR count). The van der Waals surface area contributed by atoms with Crippen molar-refractivity contribution in [1.29, 1.82) is 0 Å². The monoisotopic (exact) mass is 276 g/mol. The van der Waals surface area contributed by atoms with Crippen LogP contribution in [0.5, 0.6) is 0 Å². The van der Waals surface area contributed by atoms with Crippen LogP contribution in [0.15, 0.2) is 24.3 Å². The van der Waals surface area contributed by atoms with Crippen LogP contribution < -0.4 is 10.2 Å². The molecule has 0 radical (unpaired) electrons. The summed E-state index contributed by atoms with van der Waals surface area (Å²) in [5, 5.41) is 2.85. The van der Waals surface area contributed by atoms with Gasteiger partial charge in [-0.3, -0.25) is 9.69 Å². The molecule has 0 aromatic heterocycles. The van der Waals surface area contributed by atoms with E-state index in [2.05, 4.69) is 5.32 Å². The maximum Gasteiger partial charge on any atom is 0.414 e. The van der Waals surface area contributed by atoms with E-state index in [0.29, 0.717) is 19.6 Å². The summed E-state index contributed by atoms with van der Waals surface area (Å²) in [6.45, 7) is 7.05. The van der Waals surface area contributed by atoms with Crippen molar-refractivity contribution in [3.8, 4) is 0 Å². The molecule has 0 saturated carbocycles. The molecule has 1 N–H and O–H groups in total. The molecule has 5 nitrogen and oxygen atoms in total. The average Bonchev–Trinajstić information content (AvgIpc) is 2.74. The fourth-order valence-corrected chi connectivity index (χ4v) is 2.04. The first kappa shape index (κ1) is 14.4. The molecule has 5 heteroatoms. The third kappa shape index (κ3) is 3.73. The Balaban J connectivity index is 1.98. The van der Waals surface area contributed by atoms with Crippen molar-refractivity contribution in [1.82, 2.24) is 0 Å². The molecule has 1 aliphatic rings. The Kier molecular flexibility index (Phi) is 3.97. The number of ether oxygens (including phenoxy) is 1. The lowest BCUT2D eigenvalue weighted by molar-refractivity contribution is -0.117. The molecule has 0 bridgehead atoms. The van der Waals surface area contributed by atoms with Crippen LogP contribution in [-0.4, -0.2) is 25.2 Å². The summed E-state index contributed by atoms with van der Waals surface area (Å²) >= 11 is 0. The summed E-state index contributed by atoms with van der Waals surface area (Å²) in [6.07, 6.45) is 0.141. The Bertz CT molecular complexity index is 503. The van der Waals surface area contributed by atoms with E-state index in [1.807, 2.05) is 20.8 Å². The summed E-state index contributed by atoms with van der Waals surface area (Å²) in [5.74, 6) is -0.00849. The number of benzene rings is 1. The standard InChI is InChI=1S/C15H20N2O3/c1-15(2,3)10-13(18)16-11-4-6-12(7-5-11)17-8-9-20-14(17)19/h4-7H,8-10H2,1-3H3,(H,16,18). The number of carbonyl (C=O) groups is 2. The number of carbonyl (C=O) groups excluding carboxylic acids is 2. The normalized spacial score (nSPS) is 15.2. The highest BCUT2D eigenvalue weighted by molar-refractivity contribution is 5.92. The van der Waals surface area contributed by atoms with Gasteiger partial charge in [-0.15, -0.1) is 0 Å². The second kappa shape index (κ2) is 5.53. The number of amides is 2. The maximum atomic E-state index is 11.8. The van der Waals surface area contributed by atoms with Crippen LogP contribution in [0.25, 0.3) is 0 Å². The van der Waals surface area contributed by atoms with Gasteiger partial charge in [0.05, 0.1) is 6.54 Å². The van der Waals surface area contributed by atoms with Gasteiger partial charge in [0.15, 0.2) is 0 Å². The fourth-order valence-electron chi connectivity index (χ4n) is 2.04. The van der Waals surface area contributed by atoms with E-state index in [0.717, 1.165) is 11.4 Å². The Morgan fingerprint density at radius 1 is 1.30 bits per heavy atom. The lowest BCUT2D eigenvalue weighted by Crippen LogP contribution is -2.23. The zero-order valence-corrected chi connectivity index (χ0v) is 12.1. The predicted molar refractivity (Wildman–Crippen MR) is 77.8 cm³/mol. The Labute approximate surface area is 118 Å². The number of cyclic esters (lactones) is 1. The van der Waals surface area contributed by atoms with Crippen molar-refractivity contribution < 1.29 is 14.3 Å². The van der Waals surface area contributed by atoms with Crippen molar-refractivity contribution in [3.05, 3.63) is 24.3 Å². The number of anilines is 2. The molecule has 1 saturated heterocycles. The van der Waals surface area contributed by atoms with Crippen LogP contribution in [0.4, 0.5) is 16.2 Å². The molecular formula is C15H20N2O3. The van der Waals surface area contributed by atoms with E-state index in [1.54, 1.807) is 29.2 Å². The molecule has 0 aliphatic carbocycles. The van der Waals surface area contributed by atoms with E-state index in [9.17, 15) is 9.59 Å². The van der Waals surface area contributed by atoms with Crippen LogP contribution in [0, 0.1) is 5.41 Å². The minimum absolute atomic E-state index is 0.00849. The van der Waals surface area contributed by atoms with E-state index < -0.39 is 0 Å². The Morgan fingerprint density at radius 3 is 2.45 bits per heavy atom. The third-order valence-corrected chi connectivity index (χ3v) is 2.91. The highest BCUT2D eigenvalue weighted by Crippen LogP contribution is 2.23. The van der Waals surface area contributed by atoms with Gasteiger partial charge in [-0.25, -0.2) is 4.79 Å². The zero-order chi connectivity index (χ0) is 14.8. The quantitative estimate of drug-likeness (QED) is 0.923. The molecule has 108 valence electrons. The zero-order valence-electron chi connectivity index (χ0n) is 12.1. The number of rotatable bonds is 3. The van der Waals surface area contributed by atoms with Crippen LogP contribution >= 0.6 is 0 Å². The van der Waals surface area contributed by atoms with Crippen molar-refractivity contribution >= 4 is 23.4 Å². The molecule has 0 atom stereocenters. The Hall–Kier alpha value is -2.04. The van der Waals surface area contributed by atoms with Crippen molar-refractivity contribution in [2.24, 2.45) is 5.41 Å². The second-order valence-electron chi connectivity index (χ2n) is 6.10. The number of hydrogen-bond acceptors (Lipinski definition) is 3.